The number of furan rings is 1. The van der Waals surface area contributed by atoms with Crippen molar-refractivity contribution in [3.63, 3.8) is 0 Å². The third kappa shape index (κ3) is 5.82. The first kappa shape index (κ1) is 32.1. The second kappa shape index (κ2) is 13.4. The maximum absolute atomic E-state index is 6.26. The van der Waals surface area contributed by atoms with Gasteiger partial charge in [-0.05, 0) is 6.07 Å². The summed E-state index contributed by atoms with van der Waals surface area (Å²) in [4.78, 5) is 15.3. The Morgan fingerprint density at radius 1 is 0.451 bits per heavy atom. The molecule has 0 aliphatic carbocycles. The molecule has 1 aliphatic heterocycles. The molecule has 2 aromatic heterocycles. The van der Waals surface area contributed by atoms with Gasteiger partial charge in [0.1, 0.15) is 0 Å². The molecule has 0 amide bonds. The van der Waals surface area contributed by atoms with Gasteiger partial charge in [0.25, 0.3) is 0 Å². The molecule has 0 radical (unpaired) electrons. The van der Waals surface area contributed by atoms with Crippen LogP contribution in [0.3, 0.4) is 0 Å². The number of rotatable bonds is 5. The van der Waals surface area contributed by atoms with Crippen molar-refractivity contribution in [3.8, 4) is 67.5 Å². The molecule has 9 aromatic rings. The van der Waals surface area contributed by atoms with Crippen molar-refractivity contribution in [3.05, 3.63) is 171 Å². The fourth-order valence-electron chi connectivity index (χ4n) is 6.72. The summed E-state index contributed by atoms with van der Waals surface area (Å²) in [5.41, 5.74) is 11.1. The Balaban J connectivity index is 0.00000348. The van der Waals surface area contributed by atoms with Crippen molar-refractivity contribution < 1.29 is 56.7 Å². The Bertz CT molecular complexity index is 2760. The minimum atomic E-state index is -0.209. The van der Waals surface area contributed by atoms with E-state index in [9.17, 15) is 0 Å². The van der Waals surface area contributed by atoms with E-state index >= 15 is 0 Å². The molecule has 0 saturated carbocycles. The van der Waals surface area contributed by atoms with Gasteiger partial charge in [-0.25, -0.2) is 0 Å². The quantitative estimate of drug-likeness (QED) is 0.131. The van der Waals surface area contributed by atoms with E-state index in [-0.39, 0.29) is 52.3 Å². The summed E-state index contributed by atoms with van der Waals surface area (Å²) < 4.78 is 9.14. The average molecular weight is 989 g/mol. The van der Waals surface area contributed by atoms with Crippen molar-refractivity contribution >= 4 is 21.9 Å². The van der Waals surface area contributed by atoms with Crippen LogP contribution in [0.5, 0.6) is 0 Å². The second-order valence-electron chi connectivity index (χ2n) is 12.2. The smallest absolute Gasteiger partial charge is 0.157 e. The SMILES string of the molecule is [U+2].[c-]1ccc(-c2nc(-c3ccc4c(c3)-c3ccccc3[I-]4)nc(-c3ccc4c(c3)oc3ccccc34)n2)cc1-c1[c-]cccc1-c1ccccc1. The Labute approximate surface area is 329 Å². The monoisotopic (exact) mass is 988 g/mol. The third-order valence-electron chi connectivity index (χ3n) is 9.13. The Hall–Kier alpha value is -4.87. The predicted molar refractivity (Wildman–Crippen MR) is 195 cm³/mol. The van der Waals surface area contributed by atoms with E-state index in [1.807, 2.05) is 54.6 Å². The Morgan fingerprint density at radius 2 is 1.12 bits per heavy atom. The molecule has 238 valence electrons. The summed E-state index contributed by atoms with van der Waals surface area (Å²) in [6, 6.07) is 59.2. The Kier molecular flexibility index (Phi) is 8.40. The molecule has 0 atom stereocenters. The van der Waals surface area contributed by atoms with Gasteiger partial charge in [-0.3, -0.25) is 0 Å². The van der Waals surface area contributed by atoms with E-state index in [1.54, 1.807) is 0 Å². The molecular weight excluding hydrogens is 963 g/mol. The van der Waals surface area contributed by atoms with Crippen LogP contribution in [0.2, 0.25) is 0 Å². The zero-order valence-corrected chi connectivity index (χ0v) is 33.4. The van der Waals surface area contributed by atoms with E-state index in [2.05, 4.69) is 109 Å². The third-order valence-corrected chi connectivity index (χ3v) is 12.2. The van der Waals surface area contributed by atoms with Crippen LogP contribution in [-0.2, 0) is 0 Å². The van der Waals surface area contributed by atoms with Crippen molar-refractivity contribution in [2.75, 3.05) is 0 Å². The summed E-state index contributed by atoms with van der Waals surface area (Å²) in [5, 5.41) is 2.16. The van der Waals surface area contributed by atoms with E-state index < -0.39 is 0 Å². The van der Waals surface area contributed by atoms with Gasteiger partial charge in [0, 0.05) is 0 Å². The van der Waals surface area contributed by atoms with Gasteiger partial charge < -0.3 is 0 Å². The second-order valence-corrected chi connectivity index (χ2v) is 15.1. The number of benzene rings is 7. The average Bonchev–Trinajstić information content (AvgIpc) is 3.76. The van der Waals surface area contributed by atoms with E-state index in [0.717, 1.165) is 60.9 Å². The molecule has 51 heavy (non-hydrogen) atoms. The molecule has 0 saturated heterocycles. The standard InChI is InChI=1S/C45H25IN3O.U/c1-2-11-28(12-3-1)33-15-4-5-16-34(33)29-13-10-14-30(25-29)43-47-44(31-22-24-40-38(26-31)35-17-6-8-19-39(35)46-40)49-45(48-43)32-21-23-37-36-18-7-9-20-41(36)50-42(37)27-32;/h1-12,14-15,17-27H;/q-3;+2. The molecular formula is C45H25IN3OU-. The summed E-state index contributed by atoms with van der Waals surface area (Å²) in [6.45, 7) is 0. The number of hydrogen-bond acceptors (Lipinski definition) is 4. The normalized spacial score (nSPS) is 11.8. The van der Waals surface area contributed by atoms with Crippen LogP contribution in [0.1, 0.15) is 0 Å². The number of fused-ring (bicyclic) bond motifs is 6. The van der Waals surface area contributed by atoms with Gasteiger partial charge in [-0.2, -0.15) is 6.07 Å². The minimum Gasteiger partial charge on any atom is -0.157 e. The van der Waals surface area contributed by atoms with Gasteiger partial charge in [0.05, 0.1) is 0 Å². The molecule has 4 nitrogen and oxygen atoms in total. The zero-order chi connectivity index (χ0) is 33.0. The first-order chi connectivity index (χ1) is 24.7. The first-order valence-corrected chi connectivity index (χ1v) is 18.6. The van der Waals surface area contributed by atoms with Gasteiger partial charge in [-0.1, -0.05) is 54.1 Å². The van der Waals surface area contributed by atoms with Crippen molar-refractivity contribution in [1.82, 2.24) is 15.0 Å². The summed E-state index contributed by atoms with van der Waals surface area (Å²) >= 11 is -0.209. The topological polar surface area (TPSA) is 51.8 Å². The molecule has 3 heterocycles. The molecule has 7 aromatic carbocycles. The number of nitrogens with zero attached hydrogens (tertiary/aromatic N) is 3. The molecule has 0 fully saturated rings. The summed E-state index contributed by atoms with van der Waals surface area (Å²) in [5.74, 6) is 1.81. The van der Waals surface area contributed by atoms with Crippen LogP contribution >= 0.6 is 0 Å². The maximum atomic E-state index is 6.26. The van der Waals surface area contributed by atoms with Crippen LogP contribution in [0.15, 0.2) is 156 Å². The van der Waals surface area contributed by atoms with Gasteiger partial charge in [0.15, 0.2) is 0 Å². The molecule has 0 spiro atoms. The molecule has 6 heteroatoms. The number of halogens is 1. The fourth-order valence-corrected chi connectivity index (χ4v) is 9.59. The predicted octanol–water partition coefficient (Wildman–Crippen LogP) is 7.82. The van der Waals surface area contributed by atoms with Gasteiger partial charge in [0.2, 0.25) is 0 Å². The van der Waals surface area contributed by atoms with Crippen LogP contribution in [0.25, 0.3) is 89.5 Å². The first-order valence-electron chi connectivity index (χ1n) is 16.4. The number of aromatic nitrogens is 3. The van der Waals surface area contributed by atoms with Gasteiger partial charge in [-0.15, -0.1) is 12.1 Å². The summed E-state index contributed by atoms with van der Waals surface area (Å²) in [6.07, 6.45) is 0. The van der Waals surface area contributed by atoms with E-state index in [1.165, 1.54) is 18.3 Å². The molecule has 0 bridgehead atoms. The fraction of sp³-hybridized carbons (Fsp3) is 0. The van der Waals surface area contributed by atoms with E-state index in [0.29, 0.717) is 17.5 Å². The summed E-state index contributed by atoms with van der Waals surface area (Å²) in [7, 11) is 0. The van der Waals surface area contributed by atoms with E-state index in [4.69, 9.17) is 19.4 Å². The Morgan fingerprint density at radius 3 is 1.98 bits per heavy atom. The molecule has 0 unspecified atom stereocenters. The van der Waals surface area contributed by atoms with Crippen LogP contribution in [-0.4, -0.2) is 15.0 Å². The van der Waals surface area contributed by atoms with Crippen molar-refractivity contribution in [2.45, 2.75) is 0 Å². The number of hydrogen-bond donors (Lipinski definition) is 0. The van der Waals surface area contributed by atoms with Crippen LogP contribution in [0, 0.1) is 50.4 Å². The minimum absolute atomic E-state index is 0. The molecule has 1 aliphatic rings. The molecule has 10 rings (SSSR count). The van der Waals surface area contributed by atoms with Gasteiger partial charge >= 0.3 is 254 Å². The molecule has 0 N–H and O–H groups in total. The van der Waals surface area contributed by atoms with Crippen LogP contribution in [0.4, 0.5) is 0 Å². The number of para-hydroxylation sites is 1. The van der Waals surface area contributed by atoms with Crippen molar-refractivity contribution in [2.24, 2.45) is 0 Å². The van der Waals surface area contributed by atoms with Crippen LogP contribution < -0.4 is 21.2 Å². The zero-order valence-electron chi connectivity index (χ0n) is 27.1. The van der Waals surface area contributed by atoms with Crippen molar-refractivity contribution in [1.29, 1.82) is 0 Å².